The van der Waals surface area contributed by atoms with Crippen LogP contribution in [0.15, 0.2) is 48.5 Å². The van der Waals surface area contributed by atoms with Crippen molar-refractivity contribution in [3.05, 3.63) is 54.1 Å². The average Bonchev–Trinajstić information content (AvgIpc) is 3.11. The number of hydrogen-bond acceptors (Lipinski definition) is 5. The van der Waals surface area contributed by atoms with E-state index in [0.29, 0.717) is 42.1 Å². The van der Waals surface area contributed by atoms with Gasteiger partial charge in [-0.1, -0.05) is 30.3 Å². The normalized spacial score (nSPS) is 19.7. The van der Waals surface area contributed by atoms with Crippen molar-refractivity contribution in [3.8, 4) is 11.5 Å². The molecular formula is C21H27N3O3. The highest BCUT2D eigenvalue weighted by atomic mass is 16.5. The molecule has 0 spiro atoms. The van der Waals surface area contributed by atoms with Crippen LogP contribution < -0.4 is 20.5 Å². The molecule has 1 aliphatic rings. The van der Waals surface area contributed by atoms with Gasteiger partial charge in [0.1, 0.15) is 11.5 Å². The summed E-state index contributed by atoms with van der Waals surface area (Å²) in [4.78, 5) is 14.7. The number of amides is 1. The molecule has 1 fully saturated rings. The Morgan fingerprint density at radius 3 is 2.59 bits per heavy atom. The maximum atomic E-state index is 12.6. The first-order chi connectivity index (χ1) is 13.1. The molecule has 0 aliphatic carbocycles. The minimum Gasteiger partial charge on any atom is -0.497 e. The summed E-state index contributed by atoms with van der Waals surface area (Å²) < 4.78 is 10.5. The van der Waals surface area contributed by atoms with Crippen molar-refractivity contribution < 1.29 is 14.3 Å². The van der Waals surface area contributed by atoms with E-state index < -0.39 is 0 Å². The zero-order chi connectivity index (χ0) is 19.2. The molecule has 0 aromatic heterocycles. The van der Waals surface area contributed by atoms with E-state index in [-0.39, 0.29) is 5.91 Å². The van der Waals surface area contributed by atoms with Crippen LogP contribution in [-0.4, -0.2) is 51.2 Å². The number of rotatable bonds is 7. The lowest BCUT2D eigenvalue weighted by atomic mass is 9.89. The fourth-order valence-electron chi connectivity index (χ4n) is 3.70. The fourth-order valence-corrected chi connectivity index (χ4v) is 3.70. The van der Waals surface area contributed by atoms with Crippen LogP contribution in [0.25, 0.3) is 0 Å². The maximum Gasteiger partial charge on any atom is 0.238 e. The van der Waals surface area contributed by atoms with Crippen LogP contribution in [-0.2, 0) is 4.79 Å². The Balaban J connectivity index is 1.63. The zero-order valence-electron chi connectivity index (χ0n) is 15.9. The lowest BCUT2D eigenvalue weighted by Crippen LogP contribution is -2.32. The van der Waals surface area contributed by atoms with Crippen molar-refractivity contribution in [2.75, 3.05) is 45.7 Å². The SMILES string of the molecule is COc1ccc(NC(=O)CN2C[C@@H](CN)[C@H](c3ccccc3)C2)c(OC)c1. The molecular weight excluding hydrogens is 342 g/mol. The van der Waals surface area contributed by atoms with Crippen molar-refractivity contribution in [2.45, 2.75) is 5.92 Å². The van der Waals surface area contributed by atoms with Gasteiger partial charge in [0.15, 0.2) is 0 Å². The average molecular weight is 369 g/mol. The fraction of sp³-hybridized carbons (Fsp3) is 0.381. The summed E-state index contributed by atoms with van der Waals surface area (Å²) in [5.74, 6) is 1.91. The molecule has 0 bridgehead atoms. The number of nitrogens with two attached hydrogens (primary N) is 1. The monoisotopic (exact) mass is 369 g/mol. The molecule has 1 aliphatic heterocycles. The van der Waals surface area contributed by atoms with E-state index in [9.17, 15) is 4.79 Å². The number of nitrogens with one attached hydrogen (secondary N) is 1. The summed E-state index contributed by atoms with van der Waals surface area (Å²) in [5.41, 5.74) is 7.91. The van der Waals surface area contributed by atoms with Crippen LogP contribution in [0.4, 0.5) is 5.69 Å². The predicted molar refractivity (Wildman–Crippen MR) is 106 cm³/mol. The van der Waals surface area contributed by atoms with Gasteiger partial charge in [-0.3, -0.25) is 9.69 Å². The molecule has 0 radical (unpaired) electrons. The summed E-state index contributed by atoms with van der Waals surface area (Å²) in [6, 6.07) is 15.7. The molecule has 0 saturated carbocycles. The number of methoxy groups -OCH3 is 2. The summed E-state index contributed by atoms with van der Waals surface area (Å²) in [6.45, 7) is 2.60. The molecule has 2 aromatic rings. The van der Waals surface area contributed by atoms with E-state index in [0.717, 1.165) is 13.1 Å². The second-order valence-corrected chi connectivity index (χ2v) is 6.82. The van der Waals surface area contributed by atoms with Gasteiger partial charge < -0.3 is 20.5 Å². The molecule has 6 heteroatoms. The Morgan fingerprint density at radius 2 is 1.93 bits per heavy atom. The summed E-state index contributed by atoms with van der Waals surface area (Å²) in [7, 11) is 3.17. The van der Waals surface area contributed by atoms with E-state index in [1.54, 1.807) is 32.4 Å². The highest BCUT2D eigenvalue weighted by Crippen LogP contribution is 2.32. The van der Waals surface area contributed by atoms with Crippen molar-refractivity contribution in [2.24, 2.45) is 11.7 Å². The first-order valence-electron chi connectivity index (χ1n) is 9.13. The zero-order valence-corrected chi connectivity index (χ0v) is 15.9. The number of ether oxygens (including phenoxy) is 2. The Hall–Kier alpha value is -2.57. The van der Waals surface area contributed by atoms with Gasteiger partial charge in [-0.2, -0.15) is 0 Å². The molecule has 27 heavy (non-hydrogen) atoms. The Kier molecular flexibility index (Phi) is 6.32. The van der Waals surface area contributed by atoms with Gasteiger partial charge in [0.05, 0.1) is 26.5 Å². The largest absolute Gasteiger partial charge is 0.497 e. The second-order valence-electron chi connectivity index (χ2n) is 6.82. The number of benzene rings is 2. The van der Waals surface area contributed by atoms with Gasteiger partial charge in [0.2, 0.25) is 5.91 Å². The Bertz CT molecular complexity index is 767. The van der Waals surface area contributed by atoms with Crippen molar-refractivity contribution in [1.82, 2.24) is 4.90 Å². The molecule has 2 aromatic carbocycles. The molecule has 1 saturated heterocycles. The smallest absolute Gasteiger partial charge is 0.238 e. The lowest BCUT2D eigenvalue weighted by molar-refractivity contribution is -0.117. The van der Waals surface area contributed by atoms with Gasteiger partial charge in [-0.05, 0) is 30.2 Å². The number of carbonyl (C=O) groups excluding carboxylic acids is 1. The van der Waals surface area contributed by atoms with E-state index in [1.807, 2.05) is 18.2 Å². The summed E-state index contributed by atoms with van der Waals surface area (Å²) in [5, 5.41) is 2.93. The lowest BCUT2D eigenvalue weighted by Gasteiger charge is -2.17. The van der Waals surface area contributed by atoms with Crippen molar-refractivity contribution in [3.63, 3.8) is 0 Å². The summed E-state index contributed by atoms with van der Waals surface area (Å²) >= 11 is 0. The molecule has 6 nitrogen and oxygen atoms in total. The first kappa shape index (κ1) is 19.2. The minimum absolute atomic E-state index is 0.0667. The van der Waals surface area contributed by atoms with Crippen molar-refractivity contribution in [1.29, 1.82) is 0 Å². The number of nitrogens with zero attached hydrogens (tertiary/aromatic N) is 1. The van der Waals surface area contributed by atoms with E-state index in [4.69, 9.17) is 15.2 Å². The van der Waals surface area contributed by atoms with Crippen LogP contribution in [0.1, 0.15) is 11.5 Å². The van der Waals surface area contributed by atoms with Gasteiger partial charge in [0.25, 0.3) is 0 Å². The van der Waals surface area contributed by atoms with Gasteiger partial charge in [0, 0.05) is 25.1 Å². The molecule has 3 rings (SSSR count). The Labute approximate surface area is 160 Å². The molecule has 1 heterocycles. The molecule has 0 unspecified atom stereocenters. The standard InChI is InChI=1S/C21H27N3O3/c1-26-17-8-9-19(20(10-17)27-2)23-21(25)14-24-12-16(11-22)18(13-24)15-6-4-3-5-7-15/h3-10,16,18H,11-14,22H2,1-2H3,(H,23,25)/t16-,18+/m1/s1. The van der Waals surface area contributed by atoms with Crippen LogP contribution >= 0.6 is 0 Å². The van der Waals surface area contributed by atoms with Gasteiger partial charge >= 0.3 is 0 Å². The molecule has 144 valence electrons. The maximum absolute atomic E-state index is 12.6. The van der Waals surface area contributed by atoms with Crippen LogP contribution in [0.2, 0.25) is 0 Å². The number of hydrogen-bond donors (Lipinski definition) is 2. The second kappa shape index (κ2) is 8.88. The third kappa shape index (κ3) is 4.59. The summed E-state index contributed by atoms with van der Waals surface area (Å²) in [6.07, 6.45) is 0. The highest BCUT2D eigenvalue weighted by Gasteiger charge is 2.33. The number of carbonyl (C=O) groups is 1. The Morgan fingerprint density at radius 1 is 1.15 bits per heavy atom. The third-order valence-electron chi connectivity index (χ3n) is 5.10. The number of likely N-dealkylation sites (tertiary alicyclic amines) is 1. The number of anilines is 1. The van der Waals surface area contributed by atoms with E-state index >= 15 is 0 Å². The van der Waals surface area contributed by atoms with E-state index in [2.05, 4.69) is 22.3 Å². The topological polar surface area (TPSA) is 76.8 Å². The third-order valence-corrected chi connectivity index (χ3v) is 5.10. The van der Waals surface area contributed by atoms with Crippen LogP contribution in [0, 0.1) is 5.92 Å². The van der Waals surface area contributed by atoms with Crippen molar-refractivity contribution >= 4 is 11.6 Å². The molecule has 3 N–H and O–H groups in total. The predicted octanol–water partition coefficient (Wildman–Crippen LogP) is 2.32. The molecule has 2 atom stereocenters. The van der Waals surface area contributed by atoms with E-state index in [1.165, 1.54) is 5.56 Å². The van der Waals surface area contributed by atoms with Gasteiger partial charge in [-0.15, -0.1) is 0 Å². The highest BCUT2D eigenvalue weighted by molar-refractivity contribution is 5.93. The quantitative estimate of drug-likeness (QED) is 0.783. The van der Waals surface area contributed by atoms with Gasteiger partial charge in [-0.25, -0.2) is 0 Å². The first-order valence-corrected chi connectivity index (χ1v) is 9.13. The van der Waals surface area contributed by atoms with Crippen LogP contribution in [0.3, 0.4) is 0 Å². The minimum atomic E-state index is -0.0667. The molecule has 1 amide bonds. The van der Waals surface area contributed by atoms with Crippen LogP contribution in [0.5, 0.6) is 11.5 Å².